The molecule has 7 nitrogen and oxygen atoms in total. The van der Waals surface area contributed by atoms with E-state index in [1.807, 2.05) is 45.3 Å². The van der Waals surface area contributed by atoms with Crippen LogP contribution >= 0.6 is 15.9 Å². The van der Waals surface area contributed by atoms with Crippen LogP contribution in [0.5, 0.6) is 5.88 Å². The third-order valence-corrected chi connectivity index (χ3v) is 4.81. The van der Waals surface area contributed by atoms with Gasteiger partial charge in [-0.2, -0.15) is 4.98 Å². The van der Waals surface area contributed by atoms with Gasteiger partial charge in [0.2, 0.25) is 5.88 Å². The van der Waals surface area contributed by atoms with Crippen LogP contribution in [0.4, 0.5) is 16.3 Å². The monoisotopic (exact) mass is 449 g/mol. The van der Waals surface area contributed by atoms with Crippen molar-refractivity contribution in [1.82, 2.24) is 15.3 Å². The van der Waals surface area contributed by atoms with Crippen molar-refractivity contribution in [1.29, 1.82) is 0 Å². The van der Waals surface area contributed by atoms with Crippen molar-refractivity contribution in [3.05, 3.63) is 40.6 Å². The molecule has 28 heavy (non-hydrogen) atoms. The number of aromatic nitrogens is 2. The molecule has 1 heterocycles. The Balaban J connectivity index is 2.33. The normalized spacial score (nSPS) is 13.0. The first kappa shape index (κ1) is 21.9. The van der Waals surface area contributed by atoms with Crippen molar-refractivity contribution >= 4 is 33.5 Å². The highest BCUT2D eigenvalue weighted by Crippen LogP contribution is 2.32. The molecule has 8 heteroatoms. The smallest absolute Gasteiger partial charge is 0.320 e. The van der Waals surface area contributed by atoms with Crippen LogP contribution in [0.2, 0.25) is 0 Å². The molecule has 0 spiro atoms. The van der Waals surface area contributed by atoms with Crippen LogP contribution in [-0.4, -0.2) is 37.2 Å². The van der Waals surface area contributed by atoms with Gasteiger partial charge in [0.1, 0.15) is 12.0 Å². The molecule has 2 rings (SSSR count). The maximum atomic E-state index is 12.9. The minimum absolute atomic E-state index is 0.307. The molecule has 2 N–H and O–H groups in total. The minimum Gasteiger partial charge on any atom is -0.479 e. The number of rotatable bonds is 7. The molecule has 0 fully saturated rings. The maximum absolute atomic E-state index is 12.9. The first-order chi connectivity index (χ1) is 13.2. The molecule has 2 aromatic rings. The Labute approximate surface area is 175 Å². The molecule has 0 radical (unpaired) electrons. The Morgan fingerprint density at radius 3 is 2.61 bits per heavy atom. The summed E-state index contributed by atoms with van der Waals surface area (Å²) in [5.74, 6) is 1.26. The molecule has 0 aliphatic heterocycles. The summed E-state index contributed by atoms with van der Waals surface area (Å²) < 4.78 is 6.27. The molecule has 0 saturated carbocycles. The highest BCUT2D eigenvalue weighted by atomic mass is 79.9. The van der Waals surface area contributed by atoms with Crippen LogP contribution in [0.3, 0.4) is 0 Å². The number of halogens is 1. The number of hydrogen-bond donors (Lipinski definition) is 2. The first-order valence-electron chi connectivity index (χ1n) is 9.07. The molecule has 0 bridgehead atoms. The van der Waals surface area contributed by atoms with Crippen molar-refractivity contribution in [3.63, 3.8) is 0 Å². The molecular weight excluding hydrogens is 422 g/mol. The van der Waals surface area contributed by atoms with Crippen LogP contribution in [0.1, 0.15) is 32.8 Å². The topological polar surface area (TPSA) is 79.4 Å². The number of urea groups is 1. The number of amides is 2. The molecule has 152 valence electrons. The van der Waals surface area contributed by atoms with E-state index in [2.05, 4.69) is 50.4 Å². The SMILES string of the molecule is COc1ncnc(N(C)C)c1NC(=O)NC(C)(CC(C)C)c1cccc(Br)c1. The summed E-state index contributed by atoms with van der Waals surface area (Å²) in [4.78, 5) is 23.1. The molecule has 0 aliphatic rings. The lowest BCUT2D eigenvalue weighted by Crippen LogP contribution is -2.46. The second-order valence-corrected chi connectivity index (χ2v) is 8.41. The van der Waals surface area contributed by atoms with Crippen LogP contribution in [-0.2, 0) is 5.54 Å². The van der Waals surface area contributed by atoms with E-state index < -0.39 is 5.54 Å². The lowest BCUT2D eigenvalue weighted by atomic mass is 9.84. The number of ether oxygens (including phenoxy) is 1. The number of benzene rings is 1. The third-order valence-electron chi connectivity index (χ3n) is 4.32. The van der Waals surface area contributed by atoms with E-state index in [1.54, 1.807) is 4.90 Å². The van der Waals surface area contributed by atoms with Crippen LogP contribution < -0.4 is 20.3 Å². The zero-order chi connectivity index (χ0) is 20.9. The summed E-state index contributed by atoms with van der Waals surface area (Å²) in [6, 6.07) is 7.63. The van der Waals surface area contributed by atoms with Gasteiger partial charge < -0.3 is 20.3 Å². The fourth-order valence-corrected chi connectivity index (χ4v) is 3.65. The number of nitrogens with zero attached hydrogens (tertiary/aromatic N) is 3. The van der Waals surface area contributed by atoms with Gasteiger partial charge in [0.15, 0.2) is 5.82 Å². The average Bonchev–Trinajstić information content (AvgIpc) is 2.60. The summed E-state index contributed by atoms with van der Waals surface area (Å²) in [5, 5.41) is 6.00. The number of hydrogen-bond acceptors (Lipinski definition) is 5. The Hall–Kier alpha value is -2.35. The van der Waals surface area contributed by atoms with E-state index in [4.69, 9.17) is 4.74 Å². The lowest BCUT2D eigenvalue weighted by Gasteiger charge is -2.33. The van der Waals surface area contributed by atoms with Crippen molar-refractivity contribution < 1.29 is 9.53 Å². The highest BCUT2D eigenvalue weighted by molar-refractivity contribution is 9.10. The second kappa shape index (κ2) is 9.23. The highest BCUT2D eigenvalue weighted by Gasteiger charge is 2.30. The fourth-order valence-electron chi connectivity index (χ4n) is 3.25. The van der Waals surface area contributed by atoms with Gasteiger partial charge in [0.05, 0.1) is 12.6 Å². The summed E-state index contributed by atoms with van der Waals surface area (Å²) in [7, 11) is 5.19. The zero-order valence-corrected chi connectivity index (χ0v) is 18.8. The Bertz CT molecular complexity index is 828. The van der Waals surface area contributed by atoms with Crippen molar-refractivity contribution in [2.45, 2.75) is 32.7 Å². The van der Waals surface area contributed by atoms with Gasteiger partial charge in [-0.25, -0.2) is 9.78 Å². The minimum atomic E-state index is -0.552. The molecule has 1 unspecified atom stereocenters. The van der Waals surface area contributed by atoms with E-state index in [0.717, 1.165) is 16.5 Å². The van der Waals surface area contributed by atoms with Gasteiger partial charge in [-0.05, 0) is 37.0 Å². The molecule has 0 saturated heterocycles. The molecule has 1 aromatic carbocycles. The number of carbonyl (C=O) groups is 1. The standard InChI is InChI=1S/C20H28BrN5O2/c1-13(2)11-20(3,14-8-7-9-15(21)10-14)25-19(27)24-16-17(26(4)5)22-12-23-18(16)28-6/h7-10,12-13H,11H2,1-6H3,(H2,24,25,27). The summed E-state index contributed by atoms with van der Waals surface area (Å²) in [5.41, 5.74) is 0.895. The summed E-state index contributed by atoms with van der Waals surface area (Å²) >= 11 is 3.52. The van der Waals surface area contributed by atoms with Gasteiger partial charge in [-0.3, -0.25) is 0 Å². The van der Waals surface area contributed by atoms with Crippen molar-refractivity contribution in [3.8, 4) is 5.88 Å². The van der Waals surface area contributed by atoms with E-state index in [1.165, 1.54) is 13.4 Å². The van der Waals surface area contributed by atoms with Gasteiger partial charge in [0.25, 0.3) is 0 Å². The molecular formula is C20H28BrN5O2. The predicted molar refractivity (Wildman–Crippen MR) is 116 cm³/mol. The van der Waals surface area contributed by atoms with Gasteiger partial charge >= 0.3 is 6.03 Å². The molecule has 1 aromatic heterocycles. The summed E-state index contributed by atoms with van der Waals surface area (Å²) in [6.07, 6.45) is 2.18. The van der Waals surface area contributed by atoms with E-state index >= 15 is 0 Å². The average molecular weight is 450 g/mol. The van der Waals surface area contributed by atoms with Crippen molar-refractivity contribution in [2.75, 3.05) is 31.4 Å². The maximum Gasteiger partial charge on any atom is 0.320 e. The van der Waals surface area contributed by atoms with Crippen molar-refractivity contribution in [2.24, 2.45) is 5.92 Å². The zero-order valence-electron chi connectivity index (χ0n) is 17.2. The Morgan fingerprint density at radius 1 is 1.32 bits per heavy atom. The number of nitrogens with one attached hydrogen (secondary N) is 2. The van der Waals surface area contributed by atoms with Gasteiger partial charge in [-0.15, -0.1) is 0 Å². The Kier molecular flexibility index (Phi) is 7.23. The second-order valence-electron chi connectivity index (χ2n) is 7.50. The largest absolute Gasteiger partial charge is 0.479 e. The van der Waals surface area contributed by atoms with Gasteiger partial charge in [-0.1, -0.05) is 41.9 Å². The van der Waals surface area contributed by atoms with Crippen LogP contribution in [0, 0.1) is 5.92 Å². The fraction of sp³-hybridized carbons (Fsp3) is 0.450. The predicted octanol–water partition coefficient (Wildman–Crippen LogP) is 4.40. The number of methoxy groups -OCH3 is 1. The van der Waals surface area contributed by atoms with E-state index in [0.29, 0.717) is 23.3 Å². The van der Waals surface area contributed by atoms with Crippen LogP contribution in [0.25, 0.3) is 0 Å². The quantitative estimate of drug-likeness (QED) is 0.654. The van der Waals surface area contributed by atoms with E-state index in [-0.39, 0.29) is 6.03 Å². The third kappa shape index (κ3) is 5.34. The molecule has 1 atom stereocenters. The lowest BCUT2D eigenvalue weighted by molar-refractivity contribution is 0.231. The molecule has 0 aliphatic carbocycles. The number of carbonyl (C=O) groups excluding carboxylic acids is 1. The molecule has 2 amide bonds. The Morgan fingerprint density at radius 2 is 2.04 bits per heavy atom. The van der Waals surface area contributed by atoms with Gasteiger partial charge in [0, 0.05) is 18.6 Å². The number of anilines is 2. The summed E-state index contributed by atoms with van der Waals surface area (Å²) in [6.45, 7) is 6.29. The first-order valence-corrected chi connectivity index (χ1v) is 9.87. The van der Waals surface area contributed by atoms with E-state index in [9.17, 15) is 4.79 Å². The van der Waals surface area contributed by atoms with Crippen LogP contribution in [0.15, 0.2) is 35.1 Å².